The van der Waals surface area contributed by atoms with Gasteiger partial charge in [-0.05, 0) is 12.1 Å². The van der Waals surface area contributed by atoms with Crippen LogP contribution in [0.3, 0.4) is 0 Å². The number of aromatic nitrogens is 1. The van der Waals surface area contributed by atoms with E-state index in [1.165, 1.54) is 12.3 Å². The molecule has 1 aromatic heterocycles. The molecule has 0 saturated heterocycles. The quantitative estimate of drug-likeness (QED) is 0.679. The Kier molecular flexibility index (Phi) is 3.33. The number of rotatable bonds is 1. The van der Waals surface area contributed by atoms with E-state index < -0.39 is 5.82 Å². The number of halogens is 4. The third kappa shape index (κ3) is 2.01. The van der Waals surface area contributed by atoms with Crippen molar-refractivity contribution in [2.45, 2.75) is 0 Å². The highest BCUT2D eigenvalue weighted by atomic mass is 35.5. The third-order valence-corrected chi connectivity index (χ3v) is 3.39. The zero-order chi connectivity index (χ0) is 11.7. The maximum Gasteiger partial charge on any atom is 0.149 e. The van der Waals surface area contributed by atoms with Crippen molar-refractivity contribution < 1.29 is 4.39 Å². The topological polar surface area (TPSA) is 12.9 Å². The molecule has 1 nitrogen and oxygen atoms in total. The van der Waals surface area contributed by atoms with Crippen LogP contribution in [0.25, 0.3) is 11.1 Å². The van der Waals surface area contributed by atoms with Crippen molar-refractivity contribution in [2.24, 2.45) is 0 Å². The van der Waals surface area contributed by atoms with Crippen LogP contribution in [0.5, 0.6) is 0 Å². The summed E-state index contributed by atoms with van der Waals surface area (Å²) in [5, 5.41) is 0.793. The average Bonchev–Trinajstić information content (AvgIpc) is 2.28. The van der Waals surface area contributed by atoms with E-state index in [1.54, 1.807) is 12.1 Å². The second kappa shape index (κ2) is 4.58. The minimum atomic E-state index is -0.456. The van der Waals surface area contributed by atoms with Gasteiger partial charge in [-0.25, -0.2) is 4.39 Å². The van der Waals surface area contributed by atoms with E-state index in [0.717, 1.165) is 6.20 Å². The van der Waals surface area contributed by atoms with Crippen LogP contribution in [0, 0.1) is 5.82 Å². The minimum Gasteiger partial charge on any atom is -0.262 e. The number of nitrogens with zero attached hydrogens (tertiary/aromatic N) is 1. The maximum atomic E-state index is 13.5. The Morgan fingerprint density at radius 3 is 2.38 bits per heavy atom. The molecular weight excluding hydrogens is 271 g/mol. The van der Waals surface area contributed by atoms with Crippen LogP contribution >= 0.6 is 34.8 Å². The molecule has 82 valence electrons. The fourth-order valence-electron chi connectivity index (χ4n) is 1.33. The molecule has 2 rings (SSSR count). The zero-order valence-corrected chi connectivity index (χ0v) is 10.1. The lowest BCUT2D eigenvalue weighted by Crippen LogP contribution is -1.87. The van der Waals surface area contributed by atoms with Crippen molar-refractivity contribution in [3.63, 3.8) is 0 Å². The summed E-state index contributed by atoms with van der Waals surface area (Å²) in [5.74, 6) is -0.456. The van der Waals surface area contributed by atoms with E-state index in [2.05, 4.69) is 4.98 Å². The van der Waals surface area contributed by atoms with Crippen LogP contribution in [-0.4, -0.2) is 4.98 Å². The van der Waals surface area contributed by atoms with E-state index >= 15 is 0 Å². The lowest BCUT2D eigenvalue weighted by molar-refractivity contribution is 0.625. The Labute approximate surface area is 107 Å². The van der Waals surface area contributed by atoms with E-state index in [1.807, 2.05) is 0 Å². The van der Waals surface area contributed by atoms with Gasteiger partial charge in [-0.3, -0.25) is 4.98 Å². The Hall–Kier alpha value is -0.830. The highest BCUT2D eigenvalue weighted by Crippen LogP contribution is 2.38. The molecule has 0 aliphatic heterocycles. The van der Waals surface area contributed by atoms with E-state index in [-0.39, 0.29) is 10.0 Å². The molecule has 0 radical (unpaired) electrons. The van der Waals surface area contributed by atoms with Gasteiger partial charge in [-0.2, -0.15) is 0 Å². The Balaban J connectivity index is 2.66. The largest absolute Gasteiger partial charge is 0.262 e. The first-order valence-electron chi connectivity index (χ1n) is 4.34. The summed E-state index contributed by atoms with van der Waals surface area (Å²) in [6.07, 6.45) is 2.60. The van der Waals surface area contributed by atoms with Gasteiger partial charge in [0.2, 0.25) is 0 Å². The van der Waals surface area contributed by atoms with Gasteiger partial charge >= 0.3 is 0 Å². The fraction of sp³-hybridized carbons (Fsp3) is 0. The first-order valence-corrected chi connectivity index (χ1v) is 5.48. The first kappa shape index (κ1) is 11.6. The third-order valence-electron chi connectivity index (χ3n) is 2.10. The van der Waals surface area contributed by atoms with Crippen molar-refractivity contribution in [2.75, 3.05) is 0 Å². The molecule has 0 bridgehead atoms. The van der Waals surface area contributed by atoms with Crippen molar-refractivity contribution >= 4 is 34.8 Å². The molecule has 0 N–H and O–H groups in total. The molecule has 0 saturated carbocycles. The van der Waals surface area contributed by atoms with E-state index in [9.17, 15) is 4.39 Å². The monoisotopic (exact) mass is 275 g/mol. The summed E-state index contributed by atoms with van der Waals surface area (Å²) >= 11 is 17.7. The van der Waals surface area contributed by atoms with Crippen LogP contribution in [-0.2, 0) is 0 Å². The van der Waals surface area contributed by atoms with Crippen LogP contribution in [0.15, 0.2) is 30.6 Å². The molecule has 0 fully saturated rings. The lowest BCUT2D eigenvalue weighted by Gasteiger charge is -2.07. The zero-order valence-electron chi connectivity index (χ0n) is 7.85. The standard InChI is InChI=1S/C11H5Cl3FN/c12-8-2-1-7(10(13)11(8)14)6-3-4-16-5-9(6)15/h1-5H. The predicted molar refractivity (Wildman–Crippen MR) is 64.7 cm³/mol. The average molecular weight is 277 g/mol. The summed E-state index contributed by atoms with van der Waals surface area (Å²) in [4.78, 5) is 3.66. The number of pyridine rings is 1. The first-order chi connectivity index (χ1) is 7.61. The molecule has 16 heavy (non-hydrogen) atoms. The molecule has 2 aromatic rings. The van der Waals surface area contributed by atoms with Crippen molar-refractivity contribution in [3.8, 4) is 11.1 Å². The van der Waals surface area contributed by atoms with Crippen LogP contribution in [0.2, 0.25) is 15.1 Å². The van der Waals surface area contributed by atoms with E-state index in [4.69, 9.17) is 34.8 Å². The number of benzene rings is 1. The predicted octanol–water partition coefficient (Wildman–Crippen LogP) is 4.85. The number of hydrogen-bond acceptors (Lipinski definition) is 1. The van der Waals surface area contributed by atoms with Gasteiger partial charge in [0.1, 0.15) is 5.82 Å². The van der Waals surface area contributed by atoms with Crippen molar-refractivity contribution in [1.29, 1.82) is 0 Å². The highest BCUT2D eigenvalue weighted by molar-refractivity contribution is 6.49. The van der Waals surface area contributed by atoms with Gasteiger partial charge in [0.25, 0.3) is 0 Å². The fourth-order valence-corrected chi connectivity index (χ4v) is 1.96. The summed E-state index contributed by atoms with van der Waals surface area (Å²) in [6, 6.07) is 4.72. The Morgan fingerprint density at radius 1 is 0.938 bits per heavy atom. The smallest absolute Gasteiger partial charge is 0.149 e. The number of hydrogen-bond donors (Lipinski definition) is 0. The van der Waals surface area contributed by atoms with Crippen LogP contribution in [0.4, 0.5) is 4.39 Å². The minimum absolute atomic E-state index is 0.219. The van der Waals surface area contributed by atoms with Crippen molar-refractivity contribution in [1.82, 2.24) is 4.98 Å². The SMILES string of the molecule is Fc1cnccc1-c1ccc(Cl)c(Cl)c1Cl. The molecular formula is C11H5Cl3FN. The van der Waals surface area contributed by atoms with Gasteiger partial charge in [-0.1, -0.05) is 40.9 Å². The van der Waals surface area contributed by atoms with Gasteiger partial charge < -0.3 is 0 Å². The summed E-state index contributed by atoms with van der Waals surface area (Å²) in [7, 11) is 0. The second-order valence-electron chi connectivity index (χ2n) is 3.08. The highest BCUT2D eigenvalue weighted by Gasteiger charge is 2.13. The molecule has 0 atom stereocenters. The van der Waals surface area contributed by atoms with E-state index in [0.29, 0.717) is 16.1 Å². The van der Waals surface area contributed by atoms with Gasteiger partial charge in [0, 0.05) is 17.3 Å². The van der Waals surface area contributed by atoms with Crippen molar-refractivity contribution in [3.05, 3.63) is 51.5 Å². The maximum absolute atomic E-state index is 13.5. The van der Waals surface area contributed by atoms with Crippen LogP contribution in [0.1, 0.15) is 0 Å². The molecule has 1 aromatic carbocycles. The Morgan fingerprint density at radius 2 is 1.69 bits per heavy atom. The van der Waals surface area contributed by atoms with Gasteiger partial charge in [0.15, 0.2) is 0 Å². The summed E-state index contributed by atoms with van der Waals surface area (Å²) in [6.45, 7) is 0. The molecule has 0 aliphatic rings. The molecule has 0 aliphatic carbocycles. The molecule has 0 spiro atoms. The Bertz CT molecular complexity index is 543. The summed E-state index contributed by atoms with van der Waals surface area (Å²) in [5.41, 5.74) is 0.842. The van der Waals surface area contributed by atoms with Gasteiger partial charge in [0.05, 0.1) is 21.3 Å². The molecule has 0 unspecified atom stereocenters. The second-order valence-corrected chi connectivity index (χ2v) is 4.24. The van der Waals surface area contributed by atoms with Crippen LogP contribution < -0.4 is 0 Å². The lowest BCUT2D eigenvalue weighted by atomic mass is 10.1. The molecule has 5 heteroatoms. The van der Waals surface area contributed by atoms with Gasteiger partial charge in [-0.15, -0.1) is 0 Å². The summed E-state index contributed by atoms with van der Waals surface area (Å²) < 4.78 is 13.5. The molecule has 0 amide bonds. The molecule has 1 heterocycles. The normalized spacial score (nSPS) is 10.5.